The van der Waals surface area contributed by atoms with Crippen LogP contribution in [0.2, 0.25) is 0 Å². The first-order chi connectivity index (χ1) is 9.21. The highest BCUT2D eigenvalue weighted by atomic mass is 16.5. The number of likely N-dealkylation sites (N-methyl/N-ethyl adjacent to an activating group) is 1. The van der Waals surface area contributed by atoms with Crippen LogP contribution in [-0.2, 0) is 4.74 Å². The molecule has 0 saturated heterocycles. The lowest BCUT2D eigenvalue weighted by Gasteiger charge is -2.18. The van der Waals surface area contributed by atoms with Gasteiger partial charge < -0.3 is 19.8 Å². The maximum Gasteiger partial charge on any atom is 0.248 e. The average molecular weight is 262 g/mol. The summed E-state index contributed by atoms with van der Waals surface area (Å²) in [7, 11) is 5.13. The third-order valence-corrected chi connectivity index (χ3v) is 3.13. The minimum absolute atomic E-state index is 0.0793. The lowest BCUT2D eigenvalue weighted by atomic mass is 10.0. The zero-order valence-corrected chi connectivity index (χ0v) is 11.3. The summed E-state index contributed by atoms with van der Waals surface area (Å²) in [6, 6.07) is 7.12. The Balaban J connectivity index is 2.66. The van der Waals surface area contributed by atoms with Crippen LogP contribution in [0.1, 0.15) is 11.7 Å². The summed E-state index contributed by atoms with van der Waals surface area (Å²) in [6.07, 6.45) is -0.0793. The van der Waals surface area contributed by atoms with E-state index in [4.69, 9.17) is 9.47 Å². The molecule has 0 fully saturated rings. The van der Waals surface area contributed by atoms with Gasteiger partial charge in [0.05, 0.1) is 18.7 Å². The number of pyridine rings is 1. The van der Waals surface area contributed by atoms with Crippen molar-refractivity contribution in [2.45, 2.75) is 6.10 Å². The molecule has 0 aliphatic carbocycles. The first kappa shape index (κ1) is 13.6. The molecule has 1 atom stereocenters. The van der Waals surface area contributed by atoms with E-state index in [9.17, 15) is 4.79 Å². The quantitative estimate of drug-likeness (QED) is 0.856. The fourth-order valence-corrected chi connectivity index (χ4v) is 2.20. The molecule has 0 spiro atoms. The molecular formula is C14H18N2O3. The summed E-state index contributed by atoms with van der Waals surface area (Å²) in [5, 5.41) is 4.03. The van der Waals surface area contributed by atoms with Gasteiger partial charge in [-0.25, -0.2) is 0 Å². The molecule has 5 nitrogen and oxygen atoms in total. The molecule has 1 heterocycles. The number of benzene rings is 1. The van der Waals surface area contributed by atoms with Gasteiger partial charge in [0.25, 0.3) is 0 Å². The van der Waals surface area contributed by atoms with Crippen molar-refractivity contribution in [3.8, 4) is 5.75 Å². The second-order valence-electron chi connectivity index (χ2n) is 4.25. The number of aromatic nitrogens is 1. The molecule has 0 radical (unpaired) electrons. The van der Waals surface area contributed by atoms with E-state index in [1.165, 1.54) is 6.07 Å². The molecule has 0 amide bonds. The Morgan fingerprint density at radius 1 is 1.26 bits per heavy atom. The topological polar surface area (TPSA) is 63.4 Å². The predicted octanol–water partition coefficient (Wildman–Crippen LogP) is 1.44. The molecule has 2 rings (SSSR count). The fourth-order valence-electron chi connectivity index (χ4n) is 2.20. The maximum atomic E-state index is 11.5. The Kier molecular flexibility index (Phi) is 4.19. The van der Waals surface area contributed by atoms with Crippen LogP contribution >= 0.6 is 0 Å². The Morgan fingerprint density at radius 3 is 2.68 bits per heavy atom. The largest absolute Gasteiger partial charge is 0.495 e. The van der Waals surface area contributed by atoms with Crippen LogP contribution in [0.25, 0.3) is 10.9 Å². The summed E-state index contributed by atoms with van der Waals surface area (Å²) in [6.45, 7) is 0.692. The highest BCUT2D eigenvalue weighted by Crippen LogP contribution is 2.30. The van der Waals surface area contributed by atoms with Crippen LogP contribution in [0.4, 0.5) is 0 Å². The van der Waals surface area contributed by atoms with Gasteiger partial charge in [-0.05, 0) is 24.7 Å². The Morgan fingerprint density at radius 2 is 2.05 bits per heavy atom. The van der Waals surface area contributed by atoms with Crippen molar-refractivity contribution >= 4 is 10.9 Å². The van der Waals surface area contributed by atoms with Crippen molar-refractivity contribution in [2.24, 2.45) is 0 Å². The SMILES string of the molecule is CNC[C@H](OC)c1ccc(OC)c2[nH]c(=O)ccc12. The summed E-state index contributed by atoms with van der Waals surface area (Å²) in [4.78, 5) is 14.3. The van der Waals surface area contributed by atoms with Crippen LogP contribution in [-0.4, -0.2) is 32.8 Å². The first-order valence-corrected chi connectivity index (χ1v) is 6.08. The lowest BCUT2D eigenvalue weighted by molar-refractivity contribution is 0.105. The van der Waals surface area contributed by atoms with Crippen LogP contribution in [0, 0.1) is 0 Å². The molecule has 2 aromatic rings. The number of fused-ring (bicyclic) bond motifs is 1. The number of H-pyrrole nitrogens is 1. The molecule has 0 unspecified atom stereocenters. The Bertz CT molecular complexity index is 622. The van der Waals surface area contributed by atoms with Crippen molar-refractivity contribution < 1.29 is 9.47 Å². The van der Waals surface area contributed by atoms with Gasteiger partial charge in [-0.2, -0.15) is 0 Å². The van der Waals surface area contributed by atoms with E-state index < -0.39 is 0 Å². The molecular weight excluding hydrogens is 244 g/mol. The zero-order valence-electron chi connectivity index (χ0n) is 11.3. The summed E-state index contributed by atoms with van der Waals surface area (Å²) in [5.74, 6) is 0.649. The van der Waals surface area contributed by atoms with Gasteiger partial charge in [-0.15, -0.1) is 0 Å². The van der Waals surface area contributed by atoms with Gasteiger partial charge in [-0.3, -0.25) is 4.79 Å². The molecule has 2 N–H and O–H groups in total. The van der Waals surface area contributed by atoms with Crippen molar-refractivity contribution in [1.29, 1.82) is 0 Å². The van der Waals surface area contributed by atoms with E-state index in [0.29, 0.717) is 17.8 Å². The number of aromatic amines is 1. The monoisotopic (exact) mass is 262 g/mol. The van der Waals surface area contributed by atoms with Crippen molar-refractivity contribution in [3.63, 3.8) is 0 Å². The van der Waals surface area contributed by atoms with E-state index in [-0.39, 0.29) is 11.7 Å². The number of rotatable bonds is 5. The number of ether oxygens (including phenoxy) is 2. The van der Waals surface area contributed by atoms with Crippen LogP contribution < -0.4 is 15.6 Å². The third kappa shape index (κ3) is 2.62. The van der Waals surface area contributed by atoms with Gasteiger partial charge in [0.2, 0.25) is 5.56 Å². The Labute approximate surface area is 111 Å². The van der Waals surface area contributed by atoms with Crippen molar-refractivity contribution in [3.05, 3.63) is 40.2 Å². The molecule has 0 bridgehead atoms. The summed E-state index contributed by atoms with van der Waals surface area (Å²) >= 11 is 0. The van der Waals surface area contributed by atoms with Crippen LogP contribution in [0.3, 0.4) is 0 Å². The predicted molar refractivity (Wildman–Crippen MR) is 74.8 cm³/mol. The second kappa shape index (κ2) is 5.86. The van der Waals surface area contributed by atoms with E-state index in [2.05, 4.69) is 10.3 Å². The molecule has 102 valence electrons. The zero-order chi connectivity index (χ0) is 13.8. The van der Waals surface area contributed by atoms with E-state index in [1.807, 2.05) is 19.2 Å². The van der Waals surface area contributed by atoms with Gasteiger partial charge in [0.1, 0.15) is 5.75 Å². The molecule has 5 heteroatoms. The minimum atomic E-state index is -0.148. The minimum Gasteiger partial charge on any atom is -0.495 e. The van der Waals surface area contributed by atoms with Gasteiger partial charge in [0.15, 0.2) is 0 Å². The number of hydrogen-bond acceptors (Lipinski definition) is 4. The third-order valence-electron chi connectivity index (χ3n) is 3.13. The molecule has 0 saturated carbocycles. The highest BCUT2D eigenvalue weighted by molar-refractivity contribution is 5.87. The number of hydrogen-bond donors (Lipinski definition) is 2. The molecule has 1 aromatic carbocycles. The standard InChI is InChI=1S/C14H18N2O3/c1-15-8-12(19-3)9-4-6-11(18-2)14-10(9)5-7-13(17)16-14/h4-7,12,15H,8H2,1-3H3,(H,16,17)/t12-/m0/s1. The number of methoxy groups -OCH3 is 2. The Hall–Kier alpha value is -1.85. The van der Waals surface area contributed by atoms with E-state index in [1.54, 1.807) is 20.3 Å². The first-order valence-electron chi connectivity index (χ1n) is 6.08. The van der Waals surface area contributed by atoms with Crippen molar-refractivity contribution in [1.82, 2.24) is 10.3 Å². The average Bonchev–Trinajstić information content (AvgIpc) is 2.43. The van der Waals surface area contributed by atoms with Gasteiger partial charge in [-0.1, -0.05) is 6.07 Å². The van der Waals surface area contributed by atoms with E-state index in [0.717, 1.165) is 10.9 Å². The lowest BCUT2D eigenvalue weighted by Crippen LogP contribution is -2.19. The van der Waals surface area contributed by atoms with Crippen LogP contribution in [0.5, 0.6) is 5.75 Å². The highest BCUT2D eigenvalue weighted by Gasteiger charge is 2.15. The molecule has 1 aromatic heterocycles. The number of nitrogens with one attached hydrogen (secondary N) is 2. The molecule has 0 aliphatic heterocycles. The fraction of sp³-hybridized carbons (Fsp3) is 0.357. The van der Waals surface area contributed by atoms with Crippen molar-refractivity contribution in [2.75, 3.05) is 27.8 Å². The second-order valence-corrected chi connectivity index (χ2v) is 4.25. The van der Waals surface area contributed by atoms with Gasteiger partial charge >= 0.3 is 0 Å². The summed E-state index contributed by atoms with van der Waals surface area (Å²) < 4.78 is 10.8. The smallest absolute Gasteiger partial charge is 0.248 e. The maximum absolute atomic E-state index is 11.5. The van der Waals surface area contributed by atoms with Crippen LogP contribution in [0.15, 0.2) is 29.1 Å². The molecule has 19 heavy (non-hydrogen) atoms. The van der Waals surface area contributed by atoms with Gasteiger partial charge in [0, 0.05) is 25.1 Å². The summed E-state index contributed by atoms with van der Waals surface area (Å²) in [5.41, 5.74) is 1.57. The normalized spacial score (nSPS) is 12.6. The van der Waals surface area contributed by atoms with E-state index >= 15 is 0 Å². The molecule has 0 aliphatic rings.